The molecule has 222 valence electrons. The fraction of sp³-hybridized carbons (Fsp3) is 0. The van der Waals surface area contributed by atoms with Crippen LogP contribution in [0.25, 0.3) is 91.5 Å². The first kappa shape index (κ1) is 26.9. The van der Waals surface area contributed by atoms with Crippen LogP contribution in [0, 0.1) is 11.3 Å². The molecule has 3 aromatic heterocycles. The predicted octanol–water partition coefficient (Wildman–Crippen LogP) is 12.1. The maximum Gasteiger partial charge on any atom is 0.0991 e. The van der Waals surface area contributed by atoms with E-state index in [2.05, 4.69) is 137 Å². The van der Waals surface area contributed by atoms with Crippen LogP contribution in [0.15, 0.2) is 152 Å². The summed E-state index contributed by atoms with van der Waals surface area (Å²) in [6.07, 6.45) is 3.78. The molecule has 0 fully saturated rings. The second-order valence-electron chi connectivity index (χ2n) is 12.3. The van der Waals surface area contributed by atoms with Gasteiger partial charge < -0.3 is 4.57 Å². The summed E-state index contributed by atoms with van der Waals surface area (Å²) in [5.74, 6) is 0. The van der Waals surface area contributed by atoms with Gasteiger partial charge in [-0.1, -0.05) is 78.9 Å². The molecule has 0 unspecified atom stereocenters. The summed E-state index contributed by atoms with van der Waals surface area (Å²) in [5.41, 5.74) is 8.63. The molecule has 0 bridgehead atoms. The minimum absolute atomic E-state index is 0.656. The number of fused-ring (bicyclic) bond motifs is 8. The summed E-state index contributed by atoms with van der Waals surface area (Å²) in [7, 11) is 0. The lowest BCUT2D eigenvalue weighted by atomic mass is 9.86. The van der Waals surface area contributed by atoms with Crippen LogP contribution in [0.1, 0.15) is 5.56 Å². The molecule has 10 aromatic rings. The lowest BCUT2D eigenvalue weighted by Crippen LogP contribution is -1.94. The van der Waals surface area contributed by atoms with E-state index in [1.807, 2.05) is 41.9 Å². The highest BCUT2D eigenvalue weighted by Gasteiger charge is 2.19. The van der Waals surface area contributed by atoms with Gasteiger partial charge in [-0.25, -0.2) is 0 Å². The van der Waals surface area contributed by atoms with Crippen LogP contribution in [0.3, 0.4) is 0 Å². The maximum atomic E-state index is 9.92. The number of nitrogens with zero attached hydrogens (tertiary/aromatic N) is 3. The van der Waals surface area contributed by atoms with Crippen molar-refractivity contribution in [3.05, 3.63) is 157 Å². The van der Waals surface area contributed by atoms with Crippen molar-refractivity contribution in [2.24, 2.45) is 0 Å². The fourth-order valence-electron chi connectivity index (χ4n) is 7.64. The molecular formula is C44H25N3S. The fourth-order valence-corrected chi connectivity index (χ4v) is 8.73. The Kier molecular flexibility index (Phi) is 5.81. The normalized spacial score (nSPS) is 11.7. The minimum atomic E-state index is 0.656. The average molecular weight is 628 g/mol. The molecule has 3 heterocycles. The third kappa shape index (κ3) is 3.89. The van der Waals surface area contributed by atoms with Crippen LogP contribution in [-0.4, -0.2) is 9.55 Å². The Morgan fingerprint density at radius 2 is 1.12 bits per heavy atom. The van der Waals surface area contributed by atoms with Gasteiger partial charge in [0.05, 0.1) is 22.7 Å². The highest BCUT2D eigenvalue weighted by atomic mass is 32.1. The Hall–Kier alpha value is -6.28. The van der Waals surface area contributed by atoms with Crippen molar-refractivity contribution in [3.8, 4) is 34.0 Å². The molecule has 0 atom stereocenters. The quantitative estimate of drug-likeness (QED) is 0.183. The zero-order valence-electron chi connectivity index (χ0n) is 25.7. The maximum absolute atomic E-state index is 9.92. The van der Waals surface area contributed by atoms with E-state index in [1.165, 1.54) is 52.8 Å². The number of hydrogen-bond acceptors (Lipinski definition) is 3. The highest BCUT2D eigenvalue weighted by Crippen LogP contribution is 2.45. The predicted molar refractivity (Wildman–Crippen MR) is 202 cm³/mol. The molecule has 0 aliphatic heterocycles. The molecule has 0 N–H and O–H groups in total. The first-order valence-corrected chi connectivity index (χ1v) is 16.8. The van der Waals surface area contributed by atoms with E-state index in [1.54, 1.807) is 0 Å². The van der Waals surface area contributed by atoms with Crippen molar-refractivity contribution in [1.29, 1.82) is 5.26 Å². The summed E-state index contributed by atoms with van der Waals surface area (Å²) in [6, 6.07) is 52.2. The largest absolute Gasteiger partial charge is 0.309 e. The van der Waals surface area contributed by atoms with Crippen molar-refractivity contribution in [2.45, 2.75) is 0 Å². The third-order valence-electron chi connectivity index (χ3n) is 9.68. The average Bonchev–Trinajstić information content (AvgIpc) is 3.68. The van der Waals surface area contributed by atoms with Crippen molar-refractivity contribution in [1.82, 2.24) is 9.55 Å². The molecule has 0 aliphatic rings. The molecule has 48 heavy (non-hydrogen) atoms. The van der Waals surface area contributed by atoms with Gasteiger partial charge in [0, 0.05) is 54.6 Å². The second-order valence-corrected chi connectivity index (χ2v) is 13.4. The second kappa shape index (κ2) is 10.4. The SMILES string of the molecule is N#Cc1ccc2c(c1)c1cc(-c3c4ccccc4c(-c4cccnc4)c4ccccc34)ccc1n2-c1ccc2sc3ccccc3c2c1. The van der Waals surface area contributed by atoms with Gasteiger partial charge in [0.2, 0.25) is 0 Å². The van der Waals surface area contributed by atoms with Gasteiger partial charge in [-0.15, -0.1) is 11.3 Å². The van der Waals surface area contributed by atoms with Crippen LogP contribution in [0.4, 0.5) is 0 Å². The van der Waals surface area contributed by atoms with Crippen LogP contribution in [0.2, 0.25) is 0 Å². The van der Waals surface area contributed by atoms with Gasteiger partial charge in [-0.3, -0.25) is 4.98 Å². The Labute approximate surface area is 280 Å². The first-order chi connectivity index (χ1) is 23.8. The summed E-state index contributed by atoms with van der Waals surface area (Å²) in [6.45, 7) is 0. The van der Waals surface area contributed by atoms with E-state index in [4.69, 9.17) is 0 Å². The van der Waals surface area contributed by atoms with Crippen molar-refractivity contribution in [2.75, 3.05) is 0 Å². The Bertz CT molecular complexity index is 2900. The molecule has 0 aliphatic carbocycles. The molecule has 0 saturated carbocycles. The molecule has 10 rings (SSSR count). The molecule has 0 saturated heterocycles. The molecule has 0 amide bonds. The molecule has 3 nitrogen and oxygen atoms in total. The van der Waals surface area contributed by atoms with E-state index in [-0.39, 0.29) is 0 Å². The van der Waals surface area contributed by atoms with Gasteiger partial charge in [0.1, 0.15) is 0 Å². The standard InChI is InChI=1S/C44H25N3S/c45-25-27-15-18-39-36(22-27)37-23-28(16-19-40(37)47(39)30-17-20-42-38(24-30)31-9-5-6-14-41(31)48-42)43-32-10-1-3-12-34(32)44(29-8-7-21-46-26-29)35-13-4-2-11-33(35)43/h1-24,26H. The van der Waals surface area contributed by atoms with Gasteiger partial charge in [-0.2, -0.15) is 5.26 Å². The molecule has 4 heteroatoms. The lowest BCUT2D eigenvalue weighted by Gasteiger charge is -2.17. The topological polar surface area (TPSA) is 41.6 Å². The highest BCUT2D eigenvalue weighted by molar-refractivity contribution is 7.25. The summed E-state index contributed by atoms with van der Waals surface area (Å²) in [4.78, 5) is 4.46. The van der Waals surface area contributed by atoms with Gasteiger partial charge in [0.25, 0.3) is 0 Å². The van der Waals surface area contributed by atoms with E-state index in [9.17, 15) is 5.26 Å². The van der Waals surface area contributed by atoms with Gasteiger partial charge in [-0.05, 0) is 98.9 Å². The van der Waals surface area contributed by atoms with Crippen LogP contribution in [0.5, 0.6) is 0 Å². The van der Waals surface area contributed by atoms with Gasteiger partial charge >= 0.3 is 0 Å². The number of benzene rings is 7. The number of hydrogen-bond donors (Lipinski definition) is 0. The van der Waals surface area contributed by atoms with Crippen molar-refractivity contribution in [3.63, 3.8) is 0 Å². The molecule has 0 spiro atoms. The third-order valence-corrected chi connectivity index (χ3v) is 10.8. The smallest absolute Gasteiger partial charge is 0.0991 e. The number of pyridine rings is 1. The number of rotatable bonds is 3. The summed E-state index contributed by atoms with van der Waals surface area (Å²) >= 11 is 1.83. The van der Waals surface area contributed by atoms with E-state index in [0.29, 0.717) is 5.56 Å². The Morgan fingerprint density at radius 3 is 1.81 bits per heavy atom. The Balaban J connectivity index is 1.28. The number of nitriles is 1. The minimum Gasteiger partial charge on any atom is -0.309 e. The monoisotopic (exact) mass is 627 g/mol. The Morgan fingerprint density at radius 1 is 0.500 bits per heavy atom. The zero-order chi connectivity index (χ0) is 31.8. The van der Waals surface area contributed by atoms with E-state index in [0.717, 1.165) is 38.6 Å². The summed E-state index contributed by atoms with van der Waals surface area (Å²) < 4.78 is 4.93. The van der Waals surface area contributed by atoms with Gasteiger partial charge in [0.15, 0.2) is 0 Å². The summed E-state index contributed by atoms with van der Waals surface area (Å²) in [5, 5.41) is 19.5. The number of thiophene rings is 1. The van der Waals surface area contributed by atoms with Crippen molar-refractivity contribution >= 4 is 74.9 Å². The first-order valence-electron chi connectivity index (χ1n) is 16.0. The molecule has 7 aromatic carbocycles. The molecular weight excluding hydrogens is 603 g/mol. The van der Waals surface area contributed by atoms with Crippen LogP contribution < -0.4 is 0 Å². The van der Waals surface area contributed by atoms with E-state index < -0.39 is 0 Å². The lowest BCUT2D eigenvalue weighted by molar-refractivity contribution is 1.19. The molecule has 0 radical (unpaired) electrons. The van der Waals surface area contributed by atoms with Crippen molar-refractivity contribution < 1.29 is 0 Å². The number of aromatic nitrogens is 2. The van der Waals surface area contributed by atoms with Crippen LogP contribution in [-0.2, 0) is 0 Å². The van der Waals surface area contributed by atoms with E-state index >= 15 is 0 Å². The zero-order valence-corrected chi connectivity index (χ0v) is 26.5. The van der Waals surface area contributed by atoms with Crippen LogP contribution >= 0.6 is 11.3 Å².